The van der Waals surface area contributed by atoms with Crippen molar-refractivity contribution >= 4 is 11.7 Å². The number of hydrogen-bond donors (Lipinski definition) is 2. The molecule has 2 N–H and O–H groups in total. The Hall–Kier alpha value is -2.36. The molecule has 17 heavy (non-hydrogen) atoms. The SMILES string of the molecule is O=C1NCc2ncc(-c3ccccc3)cc2N1. The zero-order valence-corrected chi connectivity index (χ0v) is 9.10. The summed E-state index contributed by atoms with van der Waals surface area (Å²) >= 11 is 0. The normalized spacial score (nSPS) is 13.5. The van der Waals surface area contributed by atoms with Gasteiger partial charge in [-0.2, -0.15) is 0 Å². The molecule has 4 heteroatoms. The monoisotopic (exact) mass is 225 g/mol. The van der Waals surface area contributed by atoms with Gasteiger partial charge in [-0.1, -0.05) is 30.3 Å². The van der Waals surface area contributed by atoms with Crippen LogP contribution in [0, 0.1) is 0 Å². The van der Waals surface area contributed by atoms with Gasteiger partial charge in [-0.05, 0) is 11.6 Å². The number of benzene rings is 1. The molecule has 0 saturated heterocycles. The van der Waals surface area contributed by atoms with Gasteiger partial charge >= 0.3 is 6.03 Å². The maximum atomic E-state index is 11.2. The first-order chi connectivity index (χ1) is 8.33. The molecule has 2 aromatic rings. The Morgan fingerprint density at radius 2 is 1.94 bits per heavy atom. The number of amides is 2. The first kappa shape index (κ1) is 9.84. The molecule has 1 aromatic carbocycles. The number of hydrogen-bond acceptors (Lipinski definition) is 2. The molecule has 4 nitrogen and oxygen atoms in total. The molecule has 2 amide bonds. The van der Waals surface area contributed by atoms with Crippen molar-refractivity contribution in [3.05, 3.63) is 48.3 Å². The molecule has 84 valence electrons. The molecule has 0 bridgehead atoms. The summed E-state index contributed by atoms with van der Waals surface area (Å²) in [6, 6.07) is 11.8. The zero-order valence-electron chi connectivity index (χ0n) is 9.10. The van der Waals surface area contributed by atoms with Crippen LogP contribution in [0.5, 0.6) is 0 Å². The summed E-state index contributed by atoms with van der Waals surface area (Å²) in [6.07, 6.45) is 1.83. The van der Waals surface area contributed by atoms with Crippen molar-refractivity contribution in [2.24, 2.45) is 0 Å². The van der Waals surface area contributed by atoms with E-state index in [2.05, 4.69) is 15.6 Å². The van der Waals surface area contributed by atoms with Crippen LogP contribution in [0.1, 0.15) is 5.69 Å². The fraction of sp³-hybridized carbons (Fsp3) is 0.0769. The summed E-state index contributed by atoms with van der Waals surface area (Å²) in [5.74, 6) is 0. The van der Waals surface area contributed by atoms with Gasteiger partial charge < -0.3 is 10.6 Å². The Morgan fingerprint density at radius 3 is 2.76 bits per heavy atom. The maximum absolute atomic E-state index is 11.2. The maximum Gasteiger partial charge on any atom is 0.319 e. The number of fused-ring (bicyclic) bond motifs is 1. The van der Waals surface area contributed by atoms with Gasteiger partial charge in [0.25, 0.3) is 0 Å². The Balaban J connectivity index is 2.04. The summed E-state index contributed by atoms with van der Waals surface area (Å²) < 4.78 is 0. The first-order valence-electron chi connectivity index (χ1n) is 5.42. The van der Waals surface area contributed by atoms with Gasteiger partial charge in [0.15, 0.2) is 0 Å². The van der Waals surface area contributed by atoms with Gasteiger partial charge in [-0.25, -0.2) is 4.79 Å². The first-order valence-corrected chi connectivity index (χ1v) is 5.42. The smallest absolute Gasteiger partial charge is 0.319 e. The summed E-state index contributed by atoms with van der Waals surface area (Å²) in [6.45, 7) is 0.482. The third-order valence-electron chi connectivity index (χ3n) is 2.74. The summed E-state index contributed by atoms with van der Waals surface area (Å²) in [7, 11) is 0. The van der Waals surface area contributed by atoms with Crippen LogP contribution < -0.4 is 10.6 Å². The Bertz CT molecular complexity index is 566. The van der Waals surface area contributed by atoms with E-state index in [0.29, 0.717) is 6.54 Å². The minimum absolute atomic E-state index is 0.176. The van der Waals surface area contributed by atoms with E-state index in [9.17, 15) is 4.79 Å². The highest BCUT2D eigenvalue weighted by Crippen LogP contribution is 2.25. The number of anilines is 1. The van der Waals surface area contributed by atoms with E-state index in [1.165, 1.54) is 0 Å². The molecule has 1 aliphatic heterocycles. The van der Waals surface area contributed by atoms with E-state index in [1.807, 2.05) is 42.6 Å². The van der Waals surface area contributed by atoms with Gasteiger partial charge in [-0.15, -0.1) is 0 Å². The summed E-state index contributed by atoms with van der Waals surface area (Å²) in [5, 5.41) is 5.44. The van der Waals surface area contributed by atoms with Crippen molar-refractivity contribution in [3.63, 3.8) is 0 Å². The zero-order chi connectivity index (χ0) is 11.7. The van der Waals surface area contributed by atoms with Gasteiger partial charge in [0.1, 0.15) is 0 Å². The second kappa shape index (κ2) is 3.90. The molecule has 0 fully saturated rings. The molecule has 2 heterocycles. The topological polar surface area (TPSA) is 54.0 Å². The number of aromatic nitrogens is 1. The van der Waals surface area contributed by atoms with Crippen molar-refractivity contribution in [1.82, 2.24) is 10.3 Å². The van der Waals surface area contributed by atoms with Crippen LogP contribution in [0.4, 0.5) is 10.5 Å². The Labute approximate surface area is 98.7 Å². The minimum Gasteiger partial charge on any atom is -0.332 e. The van der Waals surface area contributed by atoms with Crippen molar-refractivity contribution in [2.45, 2.75) is 6.54 Å². The Morgan fingerprint density at radius 1 is 1.12 bits per heavy atom. The molecule has 3 rings (SSSR count). The van der Waals surface area contributed by atoms with E-state index in [0.717, 1.165) is 22.5 Å². The van der Waals surface area contributed by atoms with Crippen LogP contribution in [0.2, 0.25) is 0 Å². The molecule has 0 unspecified atom stereocenters. The summed E-state index contributed by atoms with van der Waals surface area (Å²) in [5.41, 5.74) is 3.75. The molecule has 0 spiro atoms. The van der Waals surface area contributed by atoms with Gasteiger partial charge in [0.05, 0.1) is 17.9 Å². The lowest BCUT2D eigenvalue weighted by atomic mass is 10.1. The highest BCUT2D eigenvalue weighted by molar-refractivity contribution is 5.92. The second-order valence-electron chi connectivity index (χ2n) is 3.89. The number of carbonyl (C=O) groups is 1. The van der Waals surface area contributed by atoms with Crippen LogP contribution in [-0.2, 0) is 6.54 Å². The minimum atomic E-state index is -0.176. The third-order valence-corrected chi connectivity index (χ3v) is 2.74. The van der Waals surface area contributed by atoms with Crippen molar-refractivity contribution < 1.29 is 4.79 Å². The largest absolute Gasteiger partial charge is 0.332 e. The second-order valence-corrected chi connectivity index (χ2v) is 3.89. The van der Waals surface area contributed by atoms with Crippen LogP contribution in [-0.4, -0.2) is 11.0 Å². The summed E-state index contributed by atoms with van der Waals surface area (Å²) in [4.78, 5) is 15.6. The van der Waals surface area contributed by atoms with E-state index >= 15 is 0 Å². The standard InChI is InChI=1S/C13H11N3O/c17-13-15-8-12-11(16-13)6-10(7-14-12)9-4-2-1-3-5-9/h1-7H,8H2,(H2,15,16,17). The highest BCUT2D eigenvalue weighted by atomic mass is 16.2. The van der Waals surface area contributed by atoms with Crippen molar-refractivity contribution in [1.29, 1.82) is 0 Å². The number of rotatable bonds is 1. The molecular weight excluding hydrogens is 214 g/mol. The van der Waals surface area contributed by atoms with Crippen molar-refractivity contribution in [3.8, 4) is 11.1 Å². The van der Waals surface area contributed by atoms with Gasteiger partial charge in [-0.3, -0.25) is 4.98 Å². The molecular formula is C13H11N3O. The fourth-order valence-electron chi connectivity index (χ4n) is 1.86. The third kappa shape index (κ3) is 1.85. The number of urea groups is 1. The number of pyridine rings is 1. The van der Waals surface area contributed by atoms with Gasteiger partial charge in [0, 0.05) is 11.8 Å². The molecule has 0 aliphatic carbocycles. The molecule has 1 aliphatic rings. The average Bonchev–Trinajstić information content (AvgIpc) is 2.39. The Kier molecular flexibility index (Phi) is 2.26. The number of nitrogens with zero attached hydrogens (tertiary/aromatic N) is 1. The predicted octanol–water partition coefficient (Wildman–Crippen LogP) is 2.38. The van der Waals surface area contributed by atoms with E-state index in [-0.39, 0.29) is 6.03 Å². The highest BCUT2D eigenvalue weighted by Gasteiger charge is 2.15. The molecule has 0 radical (unpaired) electrons. The van der Waals surface area contributed by atoms with Crippen molar-refractivity contribution in [2.75, 3.05) is 5.32 Å². The lowest BCUT2D eigenvalue weighted by molar-refractivity contribution is 0.250. The van der Waals surface area contributed by atoms with Crippen LogP contribution >= 0.6 is 0 Å². The van der Waals surface area contributed by atoms with E-state index in [4.69, 9.17) is 0 Å². The van der Waals surface area contributed by atoms with Crippen LogP contribution in [0.3, 0.4) is 0 Å². The molecule has 1 aromatic heterocycles. The quantitative estimate of drug-likeness (QED) is 0.782. The van der Waals surface area contributed by atoms with E-state index in [1.54, 1.807) is 0 Å². The van der Waals surface area contributed by atoms with Crippen LogP contribution in [0.25, 0.3) is 11.1 Å². The number of carbonyl (C=O) groups excluding carboxylic acids is 1. The lowest BCUT2D eigenvalue weighted by Crippen LogP contribution is -2.33. The van der Waals surface area contributed by atoms with Gasteiger partial charge in [0.2, 0.25) is 0 Å². The number of nitrogens with one attached hydrogen (secondary N) is 2. The van der Waals surface area contributed by atoms with E-state index < -0.39 is 0 Å². The predicted molar refractivity (Wildman–Crippen MR) is 65.5 cm³/mol. The molecule has 0 atom stereocenters. The average molecular weight is 225 g/mol. The molecule has 0 saturated carbocycles. The fourth-order valence-corrected chi connectivity index (χ4v) is 1.86. The lowest BCUT2D eigenvalue weighted by Gasteiger charge is -2.17. The van der Waals surface area contributed by atoms with Crippen LogP contribution in [0.15, 0.2) is 42.6 Å².